The molecule has 0 aliphatic carbocycles. The third-order valence-corrected chi connectivity index (χ3v) is 6.08. The van der Waals surface area contributed by atoms with Gasteiger partial charge in [0.1, 0.15) is 29.9 Å². The molecule has 0 radical (unpaired) electrons. The number of nitrogens with one attached hydrogen (secondary N) is 4. The summed E-state index contributed by atoms with van der Waals surface area (Å²) in [7, 11) is 1.09. The maximum Gasteiger partial charge on any atom is 0.408 e. The summed E-state index contributed by atoms with van der Waals surface area (Å²) in [6.45, 7) is 9.63. The summed E-state index contributed by atoms with van der Waals surface area (Å²) in [6.07, 6.45) is -1.20. The lowest BCUT2D eigenvalue weighted by molar-refractivity contribution is -0.155. The van der Waals surface area contributed by atoms with Gasteiger partial charge in [-0.25, -0.2) is 14.4 Å². The van der Waals surface area contributed by atoms with E-state index in [0.717, 1.165) is 7.11 Å². The molecule has 15 heteroatoms. The van der Waals surface area contributed by atoms with Gasteiger partial charge >= 0.3 is 24.1 Å². The summed E-state index contributed by atoms with van der Waals surface area (Å²) in [5.74, 6) is -3.12. The standard InChI is InChI=1S/C32H50N4O11/c1-31(2,3)46-25(38)17-16-23(36-30(43)45-20-21-13-9-8-10-14-21)27(40)34-22(26(39)35-24(19-37)28(41)44-7)15-11-12-18-33-29(42)47-32(4,5)6/h8-10,13-14,22-24,37H,11-12,15-20H2,1-7H3,(H,33,42)(H,34,40)(H,35,39)(H,36,43). The molecular weight excluding hydrogens is 616 g/mol. The van der Waals surface area contributed by atoms with E-state index in [4.69, 9.17) is 14.2 Å². The zero-order valence-corrected chi connectivity index (χ0v) is 28.3. The third kappa shape index (κ3) is 18.4. The number of benzene rings is 1. The van der Waals surface area contributed by atoms with Crippen LogP contribution in [-0.2, 0) is 44.7 Å². The first kappa shape index (κ1) is 40.6. The summed E-state index contributed by atoms with van der Waals surface area (Å²) in [5.41, 5.74) is -0.747. The van der Waals surface area contributed by atoms with Crippen LogP contribution in [0.3, 0.4) is 0 Å². The molecule has 0 aliphatic heterocycles. The average molecular weight is 667 g/mol. The number of hydrogen-bond acceptors (Lipinski definition) is 11. The van der Waals surface area contributed by atoms with E-state index < -0.39 is 71.9 Å². The molecule has 0 aliphatic rings. The molecule has 0 fully saturated rings. The number of carbonyl (C=O) groups excluding carboxylic acids is 6. The minimum Gasteiger partial charge on any atom is -0.467 e. The Labute approximate surface area is 275 Å². The van der Waals surface area contributed by atoms with Crippen molar-refractivity contribution in [2.45, 2.75) is 110 Å². The second-order valence-corrected chi connectivity index (χ2v) is 12.6. The van der Waals surface area contributed by atoms with Crippen LogP contribution in [0.25, 0.3) is 0 Å². The molecule has 47 heavy (non-hydrogen) atoms. The van der Waals surface area contributed by atoms with Gasteiger partial charge in [0.25, 0.3) is 0 Å². The second-order valence-electron chi connectivity index (χ2n) is 12.6. The Morgan fingerprint density at radius 3 is 1.87 bits per heavy atom. The van der Waals surface area contributed by atoms with Crippen LogP contribution in [0.5, 0.6) is 0 Å². The highest BCUT2D eigenvalue weighted by molar-refractivity contribution is 5.93. The van der Waals surface area contributed by atoms with E-state index in [1.54, 1.807) is 71.9 Å². The normalized spacial score (nSPS) is 13.2. The Morgan fingerprint density at radius 1 is 0.745 bits per heavy atom. The number of aliphatic hydroxyl groups excluding tert-OH is 1. The van der Waals surface area contributed by atoms with Gasteiger partial charge in [0, 0.05) is 13.0 Å². The van der Waals surface area contributed by atoms with Crippen molar-refractivity contribution < 1.29 is 52.8 Å². The number of rotatable bonds is 17. The van der Waals surface area contributed by atoms with Gasteiger partial charge in [-0.15, -0.1) is 0 Å². The first-order valence-corrected chi connectivity index (χ1v) is 15.4. The number of unbranched alkanes of at least 4 members (excludes halogenated alkanes) is 1. The topological polar surface area (TPSA) is 208 Å². The van der Waals surface area contributed by atoms with Gasteiger partial charge in [-0.2, -0.15) is 0 Å². The van der Waals surface area contributed by atoms with Crippen LogP contribution in [0.4, 0.5) is 9.59 Å². The van der Waals surface area contributed by atoms with Crippen molar-refractivity contribution in [1.82, 2.24) is 21.3 Å². The number of methoxy groups -OCH3 is 1. The van der Waals surface area contributed by atoms with Gasteiger partial charge in [-0.05, 0) is 72.8 Å². The van der Waals surface area contributed by atoms with Crippen LogP contribution in [0.15, 0.2) is 30.3 Å². The van der Waals surface area contributed by atoms with Crippen LogP contribution in [-0.4, -0.2) is 90.6 Å². The van der Waals surface area contributed by atoms with E-state index in [2.05, 4.69) is 26.0 Å². The van der Waals surface area contributed by atoms with Crippen LogP contribution in [0, 0.1) is 0 Å². The van der Waals surface area contributed by atoms with Crippen molar-refractivity contribution in [2.75, 3.05) is 20.3 Å². The van der Waals surface area contributed by atoms with E-state index >= 15 is 0 Å². The molecule has 0 heterocycles. The molecule has 1 aromatic rings. The molecule has 0 spiro atoms. The first-order valence-electron chi connectivity index (χ1n) is 15.4. The summed E-state index contributed by atoms with van der Waals surface area (Å²) >= 11 is 0. The number of carbonyl (C=O) groups is 6. The molecule has 0 aromatic heterocycles. The summed E-state index contributed by atoms with van der Waals surface area (Å²) in [5, 5.41) is 19.5. The predicted octanol–water partition coefficient (Wildman–Crippen LogP) is 2.23. The maximum absolute atomic E-state index is 13.5. The minimum absolute atomic E-state index is 0.0458. The van der Waals surface area contributed by atoms with E-state index in [0.29, 0.717) is 18.4 Å². The van der Waals surface area contributed by atoms with Crippen molar-refractivity contribution in [3.8, 4) is 0 Å². The molecule has 3 unspecified atom stereocenters. The zero-order valence-electron chi connectivity index (χ0n) is 28.3. The monoisotopic (exact) mass is 666 g/mol. The van der Waals surface area contributed by atoms with Crippen molar-refractivity contribution >= 4 is 35.9 Å². The number of aliphatic hydroxyl groups is 1. The molecule has 1 aromatic carbocycles. The SMILES string of the molecule is COC(=O)C(CO)NC(=O)C(CCCCNC(=O)OC(C)(C)C)NC(=O)C(CCC(=O)OC(C)(C)C)NC(=O)OCc1ccccc1. The Hall–Kier alpha value is -4.40. The van der Waals surface area contributed by atoms with Crippen LogP contribution in [0.2, 0.25) is 0 Å². The fourth-order valence-corrected chi connectivity index (χ4v) is 3.94. The third-order valence-electron chi connectivity index (χ3n) is 6.08. The van der Waals surface area contributed by atoms with E-state index in [-0.39, 0.29) is 32.4 Å². The highest BCUT2D eigenvalue weighted by Crippen LogP contribution is 2.12. The lowest BCUT2D eigenvalue weighted by atomic mass is 10.1. The molecule has 0 saturated carbocycles. The van der Waals surface area contributed by atoms with Crippen molar-refractivity contribution in [1.29, 1.82) is 0 Å². The largest absolute Gasteiger partial charge is 0.467 e. The maximum atomic E-state index is 13.5. The van der Waals surface area contributed by atoms with Gasteiger partial charge in [0.2, 0.25) is 11.8 Å². The number of esters is 2. The average Bonchev–Trinajstić information content (AvgIpc) is 2.98. The molecule has 1 rings (SSSR count). The lowest BCUT2D eigenvalue weighted by Crippen LogP contribution is -2.56. The molecule has 0 bridgehead atoms. The Bertz CT molecular complexity index is 1180. The van der Waals surface area contributed by atoms with Crippen molar-refractivity contribution in [3.05, 3.63) is 35.9 Å². The summed E-state index contributed by atoms with van der Waals surface area (Å²) < 4.78 is 20.4. The number of amides is 4. The summed E-state index contributed by atoms with van der Waals surface area (Å²) in [4.78, 5) is 75.7. The fraction of sp³-hybridized carbons (Fsp3) is 0.625. The highest BCUT2D eigenvalue weighted by Gasteiger charge is 2.31. The highest BCUT2D eigenvalue weighted by atomic mass is 16.6. The van der Waals surface area contributed by atoms with Gasteiger partial charge in [-0.1, -0.05) is 30.3 Å². The lowest BCUT2D eigenvalue weighted by Gasteiger charge is -2.25. The Morgan fingerprint density at radius 2 is 1.32 bits per heavy atom. The fourth-order valence-electron chi connectivity index (χ4n) is 3.94. The van der Waals surface area contributed by atoms with Gasteiger partial charge in [-0.3, -0.25) is 14.4 Å². The number of ether oxygens (including phenoxy) is 4. The molecule has 264 valence electrons. The van der Waals surface area contributed by atoms with Gasteiger partial charge in [0.15, 0.2) is 6.04 Å². The van der Waals surface area contributed by atoms with E-state index in [1.807, 2.05) is 0 Å². The Kier molecular flexibility index (Phi) is 17.3. The van der Waals surface area contributed by atoms with E-state index in [9.17, 15) is 33.9 Å². The molecular formula is C32H50N4O11. The molecule has 5 N–H and O–H groups in total. The van der Waals surface area contributed by atoms with Gasteiger partial charge < -0.3 is 45.3 Å². The quantitative estimate of drug-likeness (QED) is 0.0925. The first-order chi connectivity index (χ1) is 21.9. The molecule has 3 atom stereocenters. The molecule has 0 saturated heterocycles. The van der Waals surface area contributed by atoms with Crippen molar-refractivity contribution in [3.63, 3.8) is 0 Å². The zero-order chi connectivity index (χ0) is 35.6. The van der Waals surface area contributed by atoms with Crippen LogP contribution >= 0.6 is 0 Å². The number of hydrogen-bond donors (Lipinski definition) is 5. The summed E-state index contributed by atoms with van der Waals surface area (Å²) in [6, 6.07) is 4.90. The minimum atomic E-state index is -1.39. The molecule has 15 nitrogen and oxygen atoms in total. The van der Waals surface area contributed by atoms with Crippen LogP contribution < -0.4 is 21.3 Å². The van der Waals surface area contributed by atoms with Crippen LogP contribution in [0.1, 0.15) is 79.2 Å². The molecule has 4 amide bonds. The Balaban J connectivity index is 3.05. The second kappa shape index (κ2) is 20.0. The van der Waals surface area contributed by atoms with E-state index in [1.165, 1.54) is 0 Å². The predicted molar refractivity (Wildman–Crippen MR) is 170 cm³/mol. The number of alkyl carbamates (subject to hydrolysis) is 2. The van der Waals surface area contributed by atoms with Gasteiger partial charge in [0.05, 0.1) is 13.7 Å². The van der Waals surface area contributed by atoms with Crippen molar-refractivity contribution in [2.24, 2.45) is 0 Å². The smallest absolute Gasteiger partial charge is 0.408 e.